The van der Waals surface area contributed by atoms with Crippen LogP contribution in [0.15, 0.2) is 43.0 Å². The van der Waals surface area contributed by atoms with Gasteiger partial charge in [0, 0.05) is 12.1 Å². The van der Waals surface area contributed by atoms with E-state index in [0.717, 1.165) is 35.1 Å². The number of aryl methyl sites for hydroxylation is 2. The van der Waals surface area contributed by atoms with E-state index in [1.807, 2.05) is 58.0 Å². The van der Waals surface area contributed by atoms with Crippen molar-refractivity contribution in [3.8, 4) is 11.8 Å². The average molecular weight is 423 g/mol. The van der Waals surface area contributed by atoms with Gasteiger partial charge in [0.25, 0.3) is 0 Å². The van der Waals surface area contributed by atoms with E-state index < -0.39 is 6.09 Å². The van der Waals surface area contributed by atoms with Crippen LogP contribution >= 0.6 is 0 Å². The Kier molecular flexibility index (Phi) is 11.5. The Morgan fingerprint density at radius 3 is 2.42 bits per heavy atom. The minimum absolute atomic E-state index is 0.229. The van der Waals surface area contributed by atoms with Crippen molar-refractivity contribution in [1.29, 1.82) is 5.26 Å². The Morgan fingerprint density at radius 2 is 1.81 bits per heavy atom. The Bertz CT molecular complexity index is 913. The highest BCUT2D eigenvalue weighted by atomic mass is 16.5. The van der Waals surface area contributed by atoms with Gasteiger partial charge in [-0.2, -0.15) is 5.26 Å². The summed E-state index contributed by atoms with van der Waals surface area (Å²) in [5, 5.41) is 12.0. The lowest BCUT2D eigenvalue weighted by Crippen LogP contribution is -2.16. The number of nitrogens with one attached hydrogen (secondary N) is 1. The van der Waals surface area contributed by atoms with Gasteiger partial charge < -0.3 is 9.47 Å². The lowest BCUT2D eigenvalue weighted by atomic mass is 9.99. The summed E-state index contributed by atoms with van der Waals surface area (Å²) in [5.41, 5.74) is 5.45. The second-order valence-corrected chi connectivity index (χ2v) is 6.73. The van der Waals surface area contributed by atoms with Crippen molar-refractivity contribution in [3.05, 3.63) is 65.2 Å². The van der Waals surface area contributed by atoms with E-state index in [2.05, 4.69) is 24.9 Å². The number of hydrogen-bond donors (Lipinski definition) is 1. The lowest BCUT2D eigenvalue weighted by Gasteiger charge is -2.13. The van der Waals surface area contributed by atoms with E-state index in [-0.39, 0.29) is 6.61 Å². The van der Waals surface area contributed by atoms with Gasteiger partial charge in [0.15, 0.2) is 0 Å². The molecule has 31 heavy (non-hydrogen) atoms. The smallest absolute Gasteiger partial charge is 0.411 e. The highest BCUT2D eigenvalue weighted by Gasteiger charge is 2.09. The molecule has 0 saturated carbocycles. The molecule has 0 unspecified atom stereocenters. The molecule has 0 saturated heterocycles. The molecule has 0 bridgehead atoms. The van der Waals surface area contributed by atoms with Gasteiger partial charge >= 0.3 is 6.09 Å². The molecule has 5 nitrogen and oxygen atoms in total. The van der Waals surface area contributed by atoms with E-state index in [0.29, 0.717) is 30.0 Å². The van der Waals surface area contributed by atoms with E-state index >= 15 is 0 Å². The molecule has 1 N–H and O–H groups in total. The Morgan fingerprint density at radius 1 is 1.10 bits per heavy atom. The van der Waals surface area contributed by atoms with Gasteiger partial charge in [0.2, 0.25) is 0 Å². The largest absolute Gasteiger partial charge is 0.492 e. The number of ether oxygens (including phenoxy) is 2. The minimum atomic E-state index is -0.498. The van der Waals surface area contributed by atoms with Crippen LogP contribution in [0.2, 0.25) is 0 Å². The molecule has 166 valence electrons. The summed E-state index contributed by atoms with van der Waals surface area (Å²) in [6.45, 7) is 14.6. The number of nitriles is 1. The molecule has 0 spiro atoms. The molecule has 0 atom stereocenters. The van der Waals surface area contributed by atoms with E-state index in [9.17, 15) is 10.1 Å². The fraction of sp³-hybridized carbons (Fsp3) is 0.385. The molecule has 2 aromatic carbocycles. The number of benzene rings is 2. The predicted octanol–water partition coefficient (Wildman–Crippen LogP) is 6.76. The molecule has 0 aromatic heterocycles. The minimum Gasteiger partial charge on any atom is -0.492 e. The van der Waals surface area contributed by atoms with Gasteiger partial charge in [0.05, 0.1) is 18.8 Å². The van der Waals surface area contributed by atoms with Gasteiger partial charge in [-0.15, -0.1) is 0 Å². The van der Waals surface area contributed by atoms with Crippen molar-refractivity contribution >= 4 is 17.4 Å². The molecule has 0 heterocycles. The molecule has 0 aliphatic heterocycles. The summed E-state index contributed by atoms with van der Waals surface area (Å²) in [6.07, 6.45) is 1.68. The summed E-state index contributed by atoms with van der Waals surface area (Å²) in [6, 6.07) is 13.4. The SMILES string of the molecule is C=C(C)c1ccc(NC(=O)OCCCOc2c(C#N)cccc2CC)cc1CC.CC. The zero-order chi connectivity index (χ0) is 23.2. The van der Waals surface area contributed by atoms with Gasteiger partial charge in [-0.1, -0.05) is 58.0 Å². The maximum absolute atomic E-state index is 12.0. The second kappa shape index (κ2) is 13.9. The molecule has 0 fully saturated rings. The molecule has 0 aliphatic rings. The first kappa shape index (κ1) is 25.8. The van der Waals surface area contributed by atoms with Crippen LogP contribution in [-0.4, -0.2) is 19.3 Å². The van der Waals surface area contributed by atoms with Crippen LogP contribution < -0.4 is 10.1 Å². The van der Waals surface area contributed by atoms with Crippen molar-refractivity contribution < 1.29 is 14.3 Å². The normalized spacial score (nSPS) is 9.68. The van der Waals surface area contributed by atoms with Crippen LogP contribution in [0.1, 0.15) is 63.3 Å². The number of amides is 1. The zero-order valence-electron chi connectivity index (χ0n) is 19.4. The monoisotopic (exact) mass is 422 g/mol. The third-order valence-corrected chi connectivity index (χ3v) is 4.56. The van der Waals surface area contributed by atoms with Crippen LogP contribution in [-0.2, 0) is 17.6 Å². The molecule has 5 heteroatoms. The number of carbonyl (C=O) groups excluding carboxylic acids is 1. The van der Waals surface area contributed by atoms with Crippen molar-refractivity contribution in [3.63, 3.8) is 0 Å². The van der Waals surface area contributed by atoms with Crippen LogP contribution in [0.3, 0.4) is 0 Å². The number of para-hydroxylation sites is 1. The van der Waals surface area contributed by atoms with E-state index in [1.165, 1.54) is 0 Å². The summed E-state index contributed by atoms with van der Waals surface area (Å²) < 4.78 is 11.0. The molecule has 0 radical (unpaired) electrons. The summed E-state index contributed by atoms with van der Waals surface area (Å²) in [5.74, 6) is 0.617. The van der Waals surface area contributed by atoms with E-state index in [1.54, 1.807) is 6.07 Å². The topological polar surface area (TPSA) is 71.3 Å². The first-order valence-corrected chi connectivity index (χ1v) is 10.9. The second-order valence-electron chi connectivity index (χ2n) is 6.73. The molecular formula is C26H34N2O3. The van der Waals surface area contributed by atoms with Crippen molar-refractivity contribution in [2.45, 2.75) is 53.9 Å². The van der Waals surface area contributed by atoms with Gasteiger partial charge in [0.1, 0.15) is 11.8 Å². The molecule has 1 amide bonds. The third-order valence-electron chi connectivity index (χ3n) is 4.56. The number of rotatable bonds is 9. The molecule has 2 aromatic rings. The highest BCUT2D eigenvalue weighted by Crippen LogP contribution is 2.24. The third kappa shape index (κ3) is 7.82. The lowest BCUT2D eigenvalue weighted by molar-refractivity contribution is 0.151. The first-order valence-electron chi connectivity index (χ1n) is 10.9. The van der Waals surface area contributed by atoms with Gasteiger partial charge in [-0.3, -0.25) is 5.32 Å². The van der Waals surface area contributed by atoms with Crippen LogP contribution in [0.25, 0.3) is 5.57 Å². The molecule has 0 aliphatic carbocycles. The fourth-order valence-corrected chi connectivity index (χ4v) is 3.05. The summed E-state index contributed by atoms with van der Waals surface area (Å²) >= 11 is 0. The Hall–Kier alpha value is -3.26. The quantitative estimate of drug-likeness (QED) is 0.453. The fourth-order valence-electron chi connectivity index (χ4n) is 3.05. The van der Waals surface area contributed by atoms with Gasteiger partial charge in [-0.05, 0) is 54.7 Å². The standard InChI is InChI=1S/C24H28N2O3.C2H6/c1-5-18-9-7-10-20(16-25)23(18)28-13-8-14-29-24(27)26-21-11-12-22(17(3)4)19(6-2)15-21;1-2/h7,9-12,15H,3,5-6,8,13-14H2,1-2,4H3,(H,26,27);1-2H3. The predicted molar refractivity (Wildman–Crippen MR) is 127 cm³/mol. The number of hydrogen-bond acceptors (Lipinski definition) is 4. The van der Waals surface area contributed by atoms with Crippen molar-refractivity contribution in [2.75, 3.05) is 18.5 Å². The Balaban J connectivity index is 0.00000233. The van der Waals surface area contributed by atoms with Crippen LogP contribution in [0, 0.1) is 11.3 Å². The number of nitrogens with zero attached hydrogens (tertiary/aromatic N) is 1. The Labute approximate surface area is 186 Å². The first-order chi connectivity index (χ1) is 15.0. The van der Waals surface area contributed by atoms with Crippen molar-refractivity contribution in [2.24, 2.45) is 0 Å². The number of anilines is 1. The number of carbonyl (C=O) groups is 1. The molecular weight excluding hydrogens is 388 g/mol. The van der Waals surface area contributed by atoms with Crippen molar-refractivity contribution in [1.82, 2.24) is 0 Å². The maximum Gasteiger partial charge on any atom is 0.411 e. The summed E-state index contributed by atoms with van der Waals surface area (Å²) in [4.78, 5) is 12.0. The zero-order valence-corrected chi connectivity index (χ0v) is 19.4. The maximum atomic E-state index is 12.0. The van der Waals surface area contributed by atoms with Crippen LogP contribution in [0.4, 0.5) is 10.5 Å². The summed E-state index contributed by atoms with van der Waals surface area (Å²) in [7, 11) is 0. The molecule has 2 rings (SSSR count). The van der Waals surface area contributed by atoms with Crippen LogP contribution in [0.5, 0.6) is 5.75 Å². The highest BCUT2D eigenvalue weighted by molar-refractivity contribution is 5.85. The van der Waals surface area contributed by atoms with Gasteiger partial charge in [-0.25, -0.2) is 4.79 Å². The number of allylic oxidation sites excluding steroid dienone is 1. The average Bonchev–Trinajstić information content (AvgIpc) is 2.79. The van der Waals surface area contributed by atoms with E-state index in [4.69, 9.17) is 9.47 Å².